The molecule has 1 aliphatic rings. The van der Waals surface area contributed by atoms with Gasteiger partial charge in [-0.15, -0.1) is 0 Å². The van der Waals surface area contributed by atoms with Gasteiger partial charge in [0.25, 0.3) is 0 Å². The lowest BCUT2D eigenvalue weighted by Gasteiger charge is -2.23. The molecule has 24 heavy (non-hydrogen) atoms. The SMILES string of the molecule is Cc1ccc(C)c(CC(=O)N2CCCN(C(=O)CC(C)C)CC2)c1. The van der Waals surface area contributed by atoms with Crippen molar-refractivity contribution in [3.8, 4) is 0 Å². The molecule has 1 fully saturated rings. The van der Waals surface area contributed by atoms with E-state index in [2.05, 4.69) is 45.9 Å². The van der Waals surface area contributed by atoms with Gasteiger partial charge in [0, 0.05) is 32.6 Å². The highest BCUT2D eigenvalue weighted by molar-refractivity contribution is 5.80. The Bertz CT molecular complexity index is 595. The average molecular weight is 330 g/mol. The van der Waals surface area contributed by atoms with Gasteiger partial charge in [-0.05, 0) is 37.3 Å². The largest absolute Gasteiger partial charge is 0.341 e. The summed E-state index contributed by atoms with van der Waals surface area (Å²) in [5.74, 6) is 0.762. The van der Waals surface area contributed by atoms with E-state index in [4.69, 9.17) is 0 Å². The van der Waals surface area contributed by atoms with Gasteiger partial charge in [-0.3, -0.25) is 9.59 Å². The van der Waals surface area contributed by atoms with Gasteiger partial charge in [0.15, 0.2) is 0 Å². The Morgan fingerprint density at radius 2 is 1.62 bits per heavy atom. The number of carbonyl (C=O) groups is 2. The first-order valence-corrected chi connectivity index (χ1v) is 8.98. The maximum absolute atomic E-state index is 12.7. The fourth-order valence-corrected chi connectivity index (χ4v) is 3.16. The normalized spacial score (nSPS) is 15.5. The van der Waals surface area contributed by atoms with Crippen LogP contribution >= 0.6 is 0 Å². The molecule has 0 radical (unpaired) electrons. The lowest BCUT2D eigenvalue weighted by molar-refractivity contribution is -0.133. The second-order valence-corrected chi connectivity index (χ2v) is 7.32. The molecule has 0 atom stereocenters. The van der Waals surface area contributed by atoms with Gasteiger partial charge in [-0.25, -0.2) is 0 Å². The van der Waals surface area contributed by atoms with Crippen molar-refractivity contribution in [2.45, 2.75) is 47.0 Å². The third-order valence-electron chi connectivity index (χ3n) is 4.63. The number of hydrogen-bond acceptors (Lipinski definition) is 2. The van der Waals surface area contributed by atoms with Gasteiger partial charge < -0.3 is 9.80 Å². The van der Waals surface area contributed by atoms with E-state index in [0.717, 1.165) is 30.6 Å². The van der Waals surface area contributed by atoms with E-state index in [9.17, 15) is 9.59 Å². The van der Waals surface area contributed by atoms with Gasteiger partial charge in [-0.2, -0.15) is 0 Å². The molecule has 0 bridgehead atoms. The third kappa shape index (κ3) is 5.08. The van der Waals surface area contributed by atoms with E-state index in [-0.39, 0.29) is 11.8 Å². The minimum Gasteiger partial charge on any atom is -0.341 e. The number of amides is 2. The molecule has 1 aromatic rings. The van der Waals surface area contributed by atoms with Gasteiger partial charge in [0.2, 0.25) is 11.8 Å². The monoisotopic (exact) mass is 330 g/mol. The zero-order valence-electron chi connectivity index (χ0n) is 15.5. The molecule has 1 saturated heterocycles. The standard InChI is InChI=1S/C20H30N2O2/c1-15(2)12-19(23)21-8-5-9-22(11-10-21)20(24)14-18-13-16(3)6-7-17(18)4/h6-7,13,15H,5,8-12,14H2,1-4H3. The number of benzene rings is 1. The number of nitrogens with zero attached hydrogens (tertiary/aromatic N) is 2. The summed E-state index contributed by atoms with van der Waals surface area (Å²) >= 11 is 0. The summed E-state index contributed by atoms with van der Waals surface area (Å²) in [6.07, 6.45) is 1.91. The van der Waals surface area contributed by atoms with Crippen molar-refractivity contribution in [2.75, 3.05) is 26.2 Å². The second kappa shape index (κ2) is 8.32. The Labute approximate surface area is 145 Å². The first kappa shape index (κ1) is 18.5. The molecular formula is C20H30N2O2. The highest BCUT2D eigenvalue weighted by Crippen LogP contribution is 2.14. The smallest absolute Gasteiger partial charge is 0.227 e. The molecule has 4 nitrogen and oxygen atoms in total. The molecule has 4 heteroatoms. The van der Waals surface area contributed by atoms with Crippen molar-refractivity contribution in [3.05, 3.63) is 34.9 Å². The lowest BCUT2D eigenvalue weighted by Crippen LogP contribution is -2.38. The fraction of sp³-hybridized carbons (Fsp3) is 0.600. The van der Waals surface area contributed by atoms with Crippen molar-refractivity contribution < 1.29 is 9.59 Å². The molecule has 2 rings (SSSR count). The highest BCUT2D eigenvalue weighted by Gasteiger charge is 2.22. The number of rotatable bonds is 4. The summed E-state index contributed by atoms with van der Waals surface area (Å²) < 4.78 is 0. The molecule has 0 aliphatic carbocycles. The number of hydrogen-bond donors (Lipinski definition) is 0. The summed E-state index contributed by atoms with van der Waals surface area (Å²) in [6.45, 7) is 11.0. The predicted molar refractivity (Wildman–Crippen MR) is 96.9 cm³/mol. The maximum atomic E-state index is 12.7. The molecule has 1 aliphatic heterocycles. The average Bonchev–Trinajstić information content (AvgIpc) is 2.76. The molecule has 0 saturated carbocycles. The Morgan fingerprint density at radius 1 is 1.00 bits per heavy atom. The van der Waals surface area contributed by atoms with E-state index in [0.29, 0.717) is 31.8 Å². The fourth-order valence-electron chi connectivity index (χ4n) is 3.16. The Morgan fingerprint density at radius 3 is 2.25 bits per heavy atom. The summed E-state index contributed by atoms with van der Waals surface area (Å²) in [5, 5.41) is 0. The van der Waals surface area contributed by atoms with E-state index >= 15 is 0 Å². The Balaban J connectivity index is 1.94. The first-order chi connectivity index (χ1) is 11.4. The maximum Gasteiger partial charge on any atom is 0.227 e. The van der Waals surface area contributed by atoms with E-state index in [1.807, 2.05) is 9.80 Å². The molecule has 0 aromatic heterocycles. The van der Waals surface area contributed by atoms with E-state index in [1.165, 1.54) is 5.56 Å². The Kier molecular flexibility index (Phi) is 6.41. The zero-order valence-corrected chi connectivity index (χ0v) is 15.5. The van der Waals surface area contributed by atoms with Crippen molar-refractivity contribution in [2.24, 2.45) is 5.92 Å². The van der Waals surface area contributed by atoms with E-state index < -0.39 is 0 Å². The molecular weight excluding hydrogens is 300 g/mol. The van der Waals surface area contributed by atoms with Crippen LogP contribution in [0.4, 0.5) is 0 Å². The molecule has 0 unspecified atom stereocenters. The highest BCUT2D eigenvalue weighted by atomic mass is 16.2. The van der Waals surface area contributed by atoms with Crippen LogP contribution in [0.1, 0.15) is 43.4 Å². The Hall–Kier alpha value is -1.84. The third-order valence-corrected chi connectivity index (χ3v) is 4.63. The van der Waals surface area contributed by atoms with Crippen LogP contribution in [0.25, 0.3) is 0 Å². The van der Waals surface area contributed by atoms with Crippen LogP contribution in [0.15, 0.2) is 18.2 Å². The summed E-state index contributed by atoms with van der Waals surface area (Å²) in [4.78, 5) is 28.7. The van der Waals surface area contributed by atoms with Crippen LogP contribution in [-0.4, -0.2) is 47.8 Å². The van der Waals surface area contributed by atoms with Gasteiger partial charge >= 0.3 is 0 Å². The zero-order chi connectivity index (χ0) is 17.7. The van der Waals surface area contributed by atoms with Crippen molar-refractivity contribution >= 4 is 11.8 Å². The van der Waals surface area contributed by atoms with Crippen LogP contribution in [-0.2, 0) is 16.0 Å². The minimum absolute atomic E-state index is 0.168. The van der Waals surface area contributed by atoms with Crippen LogP contribution in [0, 0.1) is 19.8 Å². The molecule has 2 amide bonds. The van der Waals surface area contributed by atoms with Crippen molar-refractivity contribution in [1.29, 1.82) is 0 Å². The predicted octanol–water partition coefficient (Wildman–Crippen LogP) is 2.95. The van der Waals surface area contributed by atoms with Crippen LogP contribution in [0.5, 0.6) is 0 Å². The lowest BCUT2D eigenvalue weighted by atomic mass is 10.0. The first-order valence-electron chi connectivity index (χ1n) is 8.98. The number of aryl methyl sites for hydroxylation is 2. The van der Waals surface area contributed by atoms with Crippen LogP contribution in [0.3, 0.4) is 0 Å². The minimum atomic E-state index is 0.168. The second-order valence-electron chi connectivity index (χ2n) is 7.32. The van der Waals surface area contributed by atoms with E-state index in [1.54, 1.807) is 0 Å². The van der Waals surface area contributed by atoms with Crippen LogP contribution < -0.4 is 0 Å². The topological polar surface area (TPSA) is 40.6 Å². The summed E-state index contributed by atoms with van der Waals surface area (Å²) in [7, 11) is 0. The molecule has 132 valence electrons. The van der Waals surface area contributed by atoms with Crippen molar-refractivity contribution in [3.63, 3.8) is 0 Å². The summed E-state index contributed by atoms with van der Waals surface area (Å²) in [5.41, 5.74) is 3.46. The van der Waals surface area contributed by atoms with Gasteiger partial charge in [0.05, 0.1) is 6.42 Å². The van der Waals surface area contributed by atoms with Gasteiger partial charge in [-0.1, -0.05) is 37.6 Å². The molecule has 0 spiro atoms. The van der Waals surface area contributed by atoms with Crippen LogP contribution in [0.2, 0.25) is 0 Å². The number of carbonyl (C=O) groups excluding carboxylic acids is 2. The molecule has 1 heterocycles. The van der Waals surface area contributed by atoms with Crippen molar-refractivity contribution in [1.82, 2.24) is 9.80 Å². The van der Waals surface area contributed by atoms with Gasteiger partial charge in [0.1, 0.15) is 0 Å². The quantitative estimate of drug-likeness (QED) is 0.851. The molecule has 1 aromatic carbocycles. The summed E-state index contributed by atoms with van der Waals surface area (Å²) in [6, 6.07) is 6.25. The molecule has 0 N–H and O–H groups in total.